The number of hydrogen-bond donors (Lipinski definition) is 2. The number of para-hydroxylation sites is 1. The first-order valence-corrected chi connectivity index (χ1v) is 7.83. The first-order valence-electron chi connectivity index (χ1n) is 7.83. The van der Waals surface area contributed by atoms with Gasteiger partial charge in [-0.15, -0.1) is 24.0 Å². The summed E-state index contributed by atoms with van der Waals surface area (Å²) in [5.74, 6) is 2.98. The molecule has 0 saturated heterocycles. The Balaban J connectivity index is 0.00000312. The molecule has 1 aromatic heterocycles. The van der Waals surface area contributed by atoms with Gasteiger partial charge < -0.3 is 19.8 Å². The predicted molar refractivity (Wildman–Crippen MR) is 111 cm³/mol. The van der Waals surface area contributed by atoms with Gasteiger partial charge in [0.2, 0.25) is 5.89 Å². The van der Waals surface area contributed by atoms with E-state index in [1.165, 1.54) is 0 Å². The number of aryl methyl sites for hydroxylation is 2. The van der Waals surface area contributed by atoms with Gasteiger partial charge in [-0.2, -0.15) is 0 Å². The number of nitrogens with zero attached hydrogens (tertiary/aromatic N) is 2. The highest BCUT2D eigenvalue weighted by atomic mass is 127. The summed E-state index contributed by atoms with van der Waals surface area (Å²) in [7, 11) is 1.72. The molecule has 1 aromatic carbocycles. The Hall–Kier alpha value is -2.03. The van der Waals surface area contributed by atoms with Crippen LogP contribution in [-0.4, -0.2) is 24.6 Å². The highest BCUT2D eigenvalue weighted by Gasteiger charge is 2.07. The quantitative estimate of drug-likeness (QED) is 0.290. The van der Waals surface area contributed by atoms with Crippen LogP contribution < -0.4 is 15.4 Å². The molecule has 2 N–H and O–H groups in total. The average molecular weight is 456 g/mol. The minimum atomic E-state index is 0. The fraction of sp³-hybridized carbons (Fsp3) is 0.333. The Morgan fingerprint density at radius 3 is 2.64 bits per heavy atom. The zero-order valence-corrected chi connectivity index (χ0v) is 17.2. The van der Waals surface area contributed by atoms with Crippen LogP contribution in [0.3, 0.4) is 0 Å². The Labute approximate surface area is 165 Å². The van der Waals surface area contributed by atoms with Crippen LogP contribution in [0.2, 0.25) is 0 Å². The van der Waals surface area contributed by atoms with E-state index in [4.69, 9.17) is 9.15 Å². The molecule has 0 unspecified atom stereocenters. The second kappa shape index (κ2) is 10.8. The van der Waals surface area contributed by atoms with Gasteiger partial charge in [-0.1, -0.05) is 30.9 Å². The second-order valence-electron chi connectivity index (χ2n) is 5.24. The molecule has 0 spiro atoms. The van der Waals surface area contributed by atoms with Crippen LogP contribution in [0.5, 0.6) is 5.75 Å². The van der Waals surface area contributed by atoms with E-state index in [1.54, 1.807) is 13.1 Å². The molecule has 7 heteroatoms. The van der Waals surface area contributed by atoms with E-state index >= 15 is 0 Å². The number of benzene rings is 1. The molecular weight excluding hydrogens is 431 g/mol. The molecule has 0 aliphatic carbocycles. The van der Waals surface area contributed by atoms with Gasteiger partial charge in [0, 0.05) is 19.2 Å². The summed E-state index contributed by atoms with van der Waals surface area (Å²) in [5, 5.41) is 6.44. The standard InChI is InChI=1S/C18H24N4O2.HI/c1-5-10-23-16-9-7-6-8-15(16)11-20-18(19-4)21-12-17-22-13(2)14(3)24-17;/h5-9H,1,10-12H2,2-4H3,(H2,19,20,21);1H. The molecule has 0 fully saturated rings. The average Bonchev–Trinajstić information content (AvgIpc) is 2.92. The third kappa shape index (κ3) is 6.41. The van der Waals surface area contributed by atoms with Crippen LogP contribution in [0.15, 0.2) is 46.3 Å². The summed E-state index contributed by atoms with van der Waals surface area (Å²) >= 11 is 0. The lowest BCUT2D eigenvalue weighted by Crippen LogP contribution is -2.36. The number of oxazole rings is 1. The van der Waals surface area contributed by atoms with E-state index in [1.807, 2.05) is 38.1 Å². The molecular formula is C18H25IN4O2. The molecule has 0 bridgehead atoms. The van der Waals surface area contributed by atoms with Crippen molar-refractivity contribution in [3.63, 3.8) is 0 Å². The summed E-state index contributed by atoms with van der Waals surface area (Å²) in [4.78, 5) is 8.55. The Kier molecular flexibility index (Phi) is 9.04. The summed E-state index contributed by atoms with van der Waals surface area (Å²) in [6.07, 6.45) is 1.73. The summed E-state index contributed by atoms with van der Waals surface area (Å²) in [5.41, 5.74) is 1.95. The van der Waals surface area contributed by atoms with E-state index in [2.05, 4.69) is 27.2 Å². The maximum absolute atomic E-state index is 5.65. The number of aliphatic imine (C=N–C) groups is 1. The lowest BCUT2D eigenvalue weighted by molar-refractivity contribution is 0.358. The second-order valence-corrected chi connectivity index (χ2v) is 5.24. The van der Waals surface area contributed by atoms with Gasteiger partial charge in [0.05, 0.1) is 12.2 Å². The normalized spacial score (nSPS) is 10.8. The SMILES string of the molecule is C=CCOc1ccccc1CNC(=NC)NCc1nc(C)c(C)o1.I. The van der Waals surface area contributed by atoms with Crippen LogP contribution in [0.25, 0.3) is 0 Å². The maximum atomic E-state index is 5.65. The van der Waals surface area contributed by atoms with Crippen molar-refractivity contribution in [2.24, 2.45) is 4.99 Å². The summed E-state index contributed by atoms with van der Waals surface area (Å²) < 4.78 is 11.2. The molecule has 25 heavy (non-hydrogen) atoms. The first-order chi connectivity index (χ1) is 11.6. The van der Waals surface area contributed by atoms with Crippen molar-refractivity contribution in [1.82, 2.24) is 15.6 Å². The van der Waals surface area contributed by atoms with Gasteiger partial charge in [0.25, 0.3) is 0 Å². The number of aromatic nitrogens is 1. The van der Waals surface area contributed by atoms with Crippen LogP contribution in [-0.2, 0) is 13.1 Å². The van der Waals surface area contributed by atoms with Gasteiger partial charge in [0.15, 0.2) is 5.96 Å². The Morgan fingerprint density at radius 1 is 1.28 bits per heavy atom. The number of guanidine groups is 1. The smallest absolute Gasteiger partial charge is 0.214 e. The van der Waals surface area contributed by atoms with Crippen molar-refractivity contribution in [3.8, 4) is 5.75 Å². The fourth-order valence-corrected chi connectivity index (χ4v) is 2.11. The van der Waals surface area contributed by atoms with Gasteiger partial charge in [-0.25, -0.2) is 4.98 Å². The van der Waals surface area contributed by atoms with Gasteiger partial charge in [-0.3, -0.25) is 4.99 Å². The van der Waals surface area contributed by atoms with Crippen LogP contribution >= 0.6 is 24.0 Å². The zero-order chi connectivity index (χ0) is 17.4. The topological polar surface area (TPSA) is 71.7 Å². The van der Waals surface area contributed by atoms with Crippen LogP contribution in [0, 0.1) is 13.8 Å². The number of ether oxygens (including phenoxy) is 1. The number of nitrogens with one attached hydrogen (secondary N) is 2. The van der Waals surface area contributed by atoms with Gasteiger partial charge in [-0.05, 0) is 19.9 Å². The van der Waals surface area contributed by atoms with Crippen molar-refractivity contribution in [3.05, 3.63) is 59.8 Å². The third-order valence-electron chi connectivity index (χ3n) is 3.48. The highest BCUT2D eigenvalue weighted by Crippen LogP contribution is 2.17. The largest absolute Gasteiger partial charge is 0.489 e. The first kappa shape index (κ1) is 21.0. The van der Waals surface area contributed by atoms with E-state index in [0.717, 1.165) is 22.8 Å². The molecule has 0 atom stereocenters. The van der Waals surface area contributed by atoms with Crippen LogP contribution in [0.4, 0.5) is 0 Å². The van der Waals surface area contributed by atoms with Gasteiger partial charge >= 0.3 is 0 Å². The summed E-state index contributed by atoms with van der Waals surface area (Å²) in [6, 6.07) is 7.88. The van der Waals surface area contributed by atoms with Gasteiger partial charge in [0.1, 0.15) is 18.1 Å². The van der Waals surface area contributed by atoms with Crippen molar-refractivity contribution in [1.29, 1.82) is 0 Å². The minimum Gasteiger partial charge on any atom is -0.489 e. The molecule has 0 saturated carbocycles. The molecule has 1 heterocycles. The molecule has 6 nitrogen and oxygen atoms in total. The van der Waals surface area contributed by atoms with Crippen LogP contribution in [0.1, 0.15) is 22.9 Å². The molecule has 0 aliphatic rings. The molecule has 136 valence electrons. The van der Waals surface area contributed by atoms with E-state index in [-0.39, 0.29) is 24.0 Å². The van der Waals surface area contributed by atoms with Crippen molar-refractivity contribution < 1.29 is 9.15 Å². The Morgan fingerprint density at radius 2 is 2.00 bits per heavy atom. The zero-order valence-electron chi connectivity index (χ0n) is 14.8. The fourth-order valence-electron chi connectivity index (χ4n) is 2.11. The lowest BCUT2D eigenvalue weighted by Gasteiger charge is -2.13. The summed E-state index contributed by atoms with van der Waals surface area (Å²) in [6.45, 7) is 9.05. The molecule has 0 radical (unpaired) electrons. The van der Waals surface area contributed by atoms with Crippen molar-refractivity contribution in [2.75, 3.05) is 13.7 Å². The van der Waals surface area contributed by atoms with Crippen molar-refractivity contribution in [2.45, 2.75) is 26.9 Å². The maximum Gasteiger partial charge on any atom is 0.214 e. The van der Waals surface area contributed by atoms with E-state index < -0.39 is 0 Å². The lowest BCUT2D eigenvalue weighted by atomic mass is 10.2. The van der Waals surface area contributed by atoms with Crippen molar-refractivity contribution >= 4 is 29.9 Å². The number of hydrogen-bond acceptors (Lipinski definition) is 4. The Bertz CT molecular complexity index is 693. The molecule has 2 rings (SSSR count). The molecule has 0 amide bonds. The highest BCUT2D eigenvalue weighted by molar-refractivity contribution is 14.0. The number of halogens is 1. The minimum absolute atomic E-state index is 0. The predicted octanol–water partition coefficient (Wildman–Crippen LogP) is 3.34. The molecule has 0 aliphatic heterocycles. The third-order valence-corrected chi connectivity index (χ3v) is 3.48. The number of rotatable bonds is 7. The van der Waals surface area contributed by atoms with E-state index in [0.29, 0.717) is 31.5 Å². The monoisotopic (exact) mass is 456 g/mol. The molecule has 2 aromatic rings. The van der Waals surface area contributed by atoms with E-state index in [9.17, 15) is 0 Å².